The Balaban J connectivity index is 2.21. The molecule has 22 heavy (non-hydrogen) atoms. The molecule has 1 aliphatic rings. The van der Waals surface area contributed by atoms with Crippen molar-refractivity contribution in [2.24, 2.45) is 5.92 Å². The van der Waals surface area contributed by atoms with Gasteiger partial charge in [-0.25, -0.2) is 0 Å². The highest BCUT2D eigenvalue weighted by Crippen LogP contribution is 2.34. The van der Waals surface area contributed by atoms with E-state index in [1.807, 2.05) is 6.07 Å². The first-order chi connectivity index (χ1) is 10.5. The van der Waals surface area contributed by atoms with Crippen LogP contribution >= 0.6 is 0 Å². The summed E-state index contributed by atoms with van der Waals surface area (Å²) in [6, 6.07) is 7.73. The van der Waals surface area contributed by atoms with Gasteiger partial charge in [-0.05, 0) is 30.7 Å². The molecule has 0 radical (unpaired) electrons. The second-order valence-electron chi connectivity index (χ2n) is 4.69. The fourth-order valence-corrected chi connectivity index (χ4v) is 2.21. The van der Waals surface area contributed by atoms with E-state index in [-0.39, 0.29) is 18.1 Å². The van der Waals surface area contributed by atoms with Gasteiger partial charge in [0.15, 0.2) is 5.76 Å². The molecule has 0 saturated carbocycles. The maximum Gasteiger partial charge on any atom is 0.313 e. The molecule has 1 aliphatic heterocycles. The van der Waals surface area contributed by atoms with Gasteiger partial charge in [0.05, 0.1) is 17.4 Å². The van der Waals surface area contributed by atoms with Gasteiger partial charge in [0, 0.05) is 18.6 Å². The van der Waals surface area contributed by atoms with Crippen molar-refractivity contribution >= 4 is 11.7 Å². The zero-order chi connectivity index (χ0) is 16.1. The third-order valence-electron chi connectivity index (χ3n) is 3.27. The summed E-state index contributed by atoms with van der Waals surface area (Å²) in [6.07, 6.45) is 1.25. The smallest absolute Gasteiger partial charge is 0.313 e. The number of nitrogens with zero attached hydrogens (tertiary/aromatic N) is 2. The first-order valence-corrected chi connectivity index (χ1v) is 6.74. The molecule has 0 N–H and O–H groups in total. The predicted octanol–water partition coefficient (Wildman–Crippen LogP) is 2.64. The lowest BCUT2D eigenvalue weighted by atomic mass is 9.93. The van der Waals surface area contributed by atoms with Crippen LogP contribution in [-0.2, 0) is 14.3 Å². The molecule has 0 aromatic heterocycles. The number of hydrogen-bond donors (Lipinski definition) is 0. The van der Waals surface area contributed by atoms with Crippen molar-refractivity contribution in [3.63, 3.8) is 0 Å². The van der Waals surface area contributed by atoms with Gasteiger partial charge in [-0.1, -0.05) is 0 Å². The molecule has 0 aliphatic carbocycles. The van der Waals surface area contributed by atoms with E-state index in [1.165, 1.54) is 18.2 Å². The Labute approximate surface area is 126 Å². The van der Waals surface area contributed by atoms with Crippen LogP contribution in [0.2, 0.25) is 0 Å². The number of nitriles is 1. The van der Waals surface area contributed by atoms with E-state index in [0.29, 0.717) is 12.0 Å². The highest BCUT2D eigenvalue weighted by atomic mass is 16.6. The van der Waals surface area contributed by atoms with Gasteiger partial charge in [0.2, 0.25) is 0 Å². The molecule has 1 aromatic rings. The van der Waals surface area contributed by atoms with E-state index in [1.54, 1.807) is 19.1 Å². The number of rotatable bonds is 4. The Kier molecular flexibility index (Phi) is 4.73. The van der Waals surface area contributed by atoms with Crippen LogP contribution in [-0.4, -0.2) is 17.5 Å². The highest BCUT2D eigenvalue weighted by Gasteiger charge is 2.30. The summed E-state index contributed by atoms with van der Waals surface area (Å²) in [4.78, 5) is 22.0. The van der Waals surface area contributed by atoms with E-state index >= 15 is 0 Å². The molecule has 0 unspecified atom stereocenters. The Bertz CT molecular complexity index is 645. The number of carbonyl (C=O) groups is 1. The Hall–Kier alpha value is -2.88. The maximum atomic E-state index is 11.9. The topological polar surface area (TPSA) is 102 Å². The van der Waals surface area contributed by atoms with Crippen molar-refractivity contribution in [2.45, 2.75) is 19.4 Å². The lowest BCUT2D eigenvalue weighted by Gasteiger charge is -2.26. The van der Waals surface area contributed by atoms with E-state index in [2.05, 4.69) is 0 Å². The van der Waals surface area contributed by atoms with Gasteiger partial charge in [-0.3, -0.25) is 14.9 Å². The number of non-ortho nitro benzene ring substituents is 1. The van der Waals surface area contributed by atoms with Gasteiger partial charge in [-0.15, -0.1) is 0 Å². The summed E-state index contributed by atoms with van der Waals surface area (Å²) in [7, 11) is 0. The zero-order valence-corrected chi connectivity index (χ0v) is 11.9. The van der Waals surface area contributed by atoms with E-state index in [9.17, 15) is 14.9 Å². The number of hydrogen-bond acceptors (Lipinski definition) is 6. The lowest BCUT2D eigenvalue weighted by Crippen LogP contribution is -2.23. The van der Waals surface area contributed by atoms with Crippen molar-refractivity contribution in [1.29, 1.82) is 5.26 Å². The number of allylic oxidation sites excluding steroid dienone is 1. The monoisotopic (exact) mass is 302 g/mol. The molecule has 0 amide bonds. The molecule has 0 fully saturated rings. The first-order valence-electron chi connectivity index (χ1n) is 6.74. The van der Waals surface area contributed by atoms with Crippen LogP contribution in [0.5, 0.6) is 0 Å². The van der Waals surface area contributed by atoms with Crippen LogP contribution in [0.15, 0.2) is 36.1 Å². The molecular formula is C15H14N2O5. The summed E-state index contributed by atoms with van der Waals surface area (Å²) in [5.41, 5.74) is 0.637. The van der Waals surface area contributed by atoms with Gasteiger partial charge in [0.25, 0.3) is 5.69 Å². The summed E-state index contributed by atoms with van der Waals surface area (Å²) in [6.45, 7) is 1.97. The van der Waals surface area contributed by atoms with E-state index in [0.717, 1.165) is 0 Å². The third kappa shape index (κ3) is 3.41. The van der Waals surface area contributed by atoms with Gasteiger partial charge < -0.3 is 9.47 Å². The normalized spacial score (nSPS) is 20.3. The average molecular weight is 302 g/mol. The minimum atomic E-state index is -0.566. The van der Waals surface area contributed by atoms with Crippen LogP contribution in [0.3, 0.4) is 0 Å². The van der Waals surface area contributed by atoms with Crippen LogP contribution < -0.4 is 0 Å². The van der Waals surface area contributed by atoms with Crippen molar-refractivity contribution in [2.75, 3.05) is 6.61 Å². The fourth-order valence-electron chi connectivity index (χ4n) is 2.21. The highest BCUT2D eigenvalue weighted by molar-refractivity contribution is 5.75. The van der Waals surface area contributed by atoms with Crippen molar-refractivity contribution in [3.8, 4) is 6.07 Å². The number of nitro benzene ring substituents is 1. The molecule has 2 atom stereocenters. The molecule has 0 spiro atoms. The molecule has 1 heterocycles. The van der Waals surface area contributed by atoms with E-state index in [4.69, 9.17) is 14.7 Å². The summed E-state index contributed by atoms with van der Waals surface area (Å²) in [5.74, 6) is -0.929. The third-order valence-corrected chi connectivity index (χ3v) is 3.27. The van der Waals surface area contributed by atoms with Gasteiger partial charge in [0.1, 0.15) is 12.2 Å². The lowest BCUT2D eigenvalue weighted by molar-refractivity contribution is -0.384. The quantitative estimate of drug-likeness (QED) is 0.481. The number of nitro groups is 1. The molecule has 7 heteroatoms. The van der Waals surface area contributed by atoms with E-state index < -0.39 is 22.9 Å². The average Bonchev–Trinajstić information content (AvgIpc) is 2.54. The molecule has 7 nitrogen and oxygen atoms in total. The number of benzene rings is 1. The van der Waals surface area contributed by atoms with Crippen LogP contribution in [0.25, 0.3) is 0 Å². The largest absolute Gasteiger partial charge is 0.476 e. The SMILES string of the molecule is CCOC(=O)[C@@H]1C=C(C#N)O[C@H](c2ccc([N+](=O)[O-])cc2)C1. The zero-order valence-electron chi connectivity index (χ0n) is 11.9. The molecule has 0 saturated heterocycles. The minimum Gasteiger partial charge on any atom is -0.476 e. The molecule has 2 rings (SSSR count). The first kappa shape index (κ1) is 15.5. The van der Waals surface area contributed by atoms with Crippen molar-refractivity contribution in [1.82, 2.24) is 0 Å². The number of carbonyl (C=O) groups excluding carboxylic acids is 1. The summed E-state index contributed by atoms with van der Waals surface area (Å²) in [5, 5.41) is 19.7. The summed E-state index contributed by atoms with van der Waals surface area (Å²) >= 11 is 0. The molecule has 1 aromatic carbocycles. The van der Waals surface area contributed by atoms with Gasteiger partial charge >= 0.3 is 5.97 Å². The molecule has 114 valence electrons. The second kappa shape index (κ2) is 6.72. The minimum absolute atomic E-state index is 0.0300. The van der Waals surface area contributed by atoms with Crippen molar-refractivity contribution < 1.29 is 19.2 Å². The number of esters is 1. The maximum absolute atomic E-state index is 11.9. The van der Waals surface area contributed by atoms with Crippen LogP contribution in [0.4, 0.5) is 5.69 Å². The fraction of sp³-hybridized carbons (Fsp3) is 0.333. The Morgan fingerprint density at radius 2 is 2.18 bits per heavy atom. The summed E-state index contributed by atoms with van der Waals surface area (Å²) < 4.78 is 10.5. The van der Waals surface area contributed by atoms with Crippen LogP contribution in [0, 0.1) is 27.4 Å². The Morgan fingerprint density at radius 1 is 1.50 bits per heavy atom. The predicted molar refractivity (Wildman–Crippen MR) is 75.4 cm³/mol. The molecule has 0 bridgehead atoms. The Morgan fingerprint density at radius 3 is 2.73 bits per heavy atom. The van der Waals surface area contributed by atoms with Crippen molar-refractivity contribution in [3.05, 3.63) is 51.8 Å². The van der Waals surface area contributed by atoms with Crippen LogP contribution in [0.1, 0.15) is 25.0 Å². The van der Waals surface area contributed by atoms with Gasteiger partial charge in [-0.2, -0.15) is 5.26 Å². The second-order valence-corrected chi connectivity index (χ2v) is 4.69. The number of ether oxygens (including phenoxy) is 2. The molecular weight excluding hydrogens is 288 g/mol. The standard InChI is InChI=1S/C15H14N2O5/c1-2-21-15(18)11-7-13(9-16)22-14(8-11)10-3-5-12(6-4-10)17(19)20/h3-7,11,14H,2,8H2,1H3/t11-,14+/m1/s1.